The molecule has 1 aromatic carbocycles. The normalized spacial score (nSPS) is 18.5. The van der Waals surface area contributed by atoms with E-state index in [1.54, 1.807) is 0 Å². The zero-order chi connectivity index (χ0) is 21.8. The van der Waals surface area contributed by atoms with Crippen molar-refractivity contribution in [2.45, 2.75) is 72.7 Å². The van der Waals surface area contributed by atoms with Crippen molar-refractivity contribution in [2.24, 2.45) is 5.41 Å². The summed E-state index contributed by atoms with van der Waals surface area (Å²) in [6.07, 6.45) is -0.948. The number of piperazine rings is 1. The van der Waals surface area contributed by atoms with Gasteiger partial charge in [-0.1, -0.05) is 51.1 Å². The lowest BCUT2D eigenvalue weighted by atomic mass is 9.88. The zero-order valence-electron chi connectivity index (χ0n) is 19.4. The zero-order valence-corrected chi connectivity index (χ0v) is 19.4. The lowest BCUT2D eigenvalue weighted by Crippen LogP contribution is -2.55. The lowest BCUT2D eigenvalue weighted by Gasteiger charge is -2.43. The molecular weight excluding hydrogens is 362 g/mol. The highest BCUT2D eigenvalue weighted by atomic mass is 16.3. The molecule has 2 unspecified atom stereocenters. The molecule has 1 aromatic rings. The van der Waals surface area contributed by atoms with Crippen LogP contribution in [0.5, 0.6) is 0 Å². The molecule has 5 heteroatoms. The predicted molar refractivity (Wildman–Crippen MR) is 120 cm³/mol. The fourth-order valence-corrected chi connectivity index (χ4v) is 4.12. The number of amides is 1. The first-order valence-corrected chi connectivity index (χ1v) is 11.0. The molecule has 1 N–H and O–H groups in total. The van der Waals surface area contributed by atoms with Crippen molar-refractivity contribution < 1.29 is 9.90 Å². The summed E-state index contributed by atoms with van der Waals surface area (Å²) >= 11 is 0. The molecule has 1 amide bonds. The largest absolute Gasteiger partial charge is 0.383 e. The van der Waals surface area contributed by atoms with E-state index < -0.39 is 11.5 Å². The van der Waals surface area contributed by atoms with Gasteiger partial charge in [0.2, 0.25) is 0 Å². The summed E-state index contributed by atoms with van der Waals surface area (Å²) in [5, 5.41) is 10.4. The van der Waals surface area contributed by atoms with Gasteiger partial charge in [-0.05, 0) is 38.7 Å². The average Bonchev–Trinajstić information content (AvgIpc) is 2.67. The maximum Gasteiger partial charge on any atom is 0.252 e. The molecule has 164 valence electrons. The fourth-order valence-electron chi connectivity index (χ4n) is 4.12. The third-order valence-corrected chi connectivity index (χ3v) is 6.02. The number of aliphatic hydroxyl groups is 1. The highest BCUT2D eigenvalue weighted by molar-refractivity contribution is 5.81. The predicted octanol–water partition coefficient (Wildman–Crippen LogP) is 3.40. The van der Waals surface area contributed by atoms with Crippen molar-refractivity contribution in [3.05, 3.63) is 35.9 Å². The number of nitrogens with zero attached hydrogens (tertiary/aromatic N) is 3. The van der Waals surface area contributed by atoms with Crippen molar-refractivity contribution in [2.75, 3.05) is 32.7 Å². The Morgan fingerprint density at radius 3 is 1.97 bits per heavy atom. The summed E-state index contributed by atoms with van der Waals surface area (Å²) in [7, 11) is 0. The molecule has 0 saturated carbocycles. The molecule has 1 aliphatic heterocycles. The molecule has 2 rings (SSSR count). The van der Waals surface area contributed by atoms with Crippen LogP contribution in [0.3, 0.4) is 0 Å². The van der Waals surface area contributed by atoms with Gasteiger partial charge in [0.15, 0.2) is 0 Å². The van der Waals surface area contributed by atoms with E-state index in [9.17, 15) is 9.90 Å². The Morgan fingerprint density at radius 1 is 1.00 bits per heavy atom. The van der Waals surface area contributed by atoms with Gasteiger partial charge in [-0.25, -0.2) is 0 Å². The third-order valence-electron chi connectivity index (χ3n) is 6.02. The topological polar surface area (TPSA) is 47.0 Å². The van der Waals surface area contributed by atoms with E-state index in [4.69, 9.17) is 0 Å². The Hall–Kier alpha value is -1.43. The van der Waals surface area contributed by atoms with Crippen molar-refractivity contribution >= 4 is 5.91 Å². The lowest BCUT2D eigenvalue weighted by molar-refractivity contribution is -0.148. The Morgan fingerprint density at radius 2 is 1.52 bits per heavy atom. The molecule has 29 heavy (non-hydrogen) atoms. The molecule has 0 radical (unpaired) electrons. The number of hydrogen-bond donors (Lipinski definition) is 1. The molecular formula is C24H41N3O2. The van der Waals surface area contributed by atoms with Gasteiger partial charge in [0.1, 0.15) is 6.10 Å². The number of aliphatic hydroxyl groups excluding tert-OH is 1. The highest BCUT2D eigenvalue weighted by Crippen LogP contribution is 2.26. The summed E-state index contributed by atoms with van der Waals surface area (Å²) in [4.78, 5) is 19.6. The van der Waals surface area contributed by atoms with Crippen molar-refractivity contribution in [1.29, 1.82) is 0 Å². The van der Waals surface area contributed by atoms with Crippen LogP contribution in [-0.2, 0) is 4.79 Å². The molecule has 1 fully saturated rings. The molecule has 1 saturated heterocycles. The first kappa shape index (κ1) is 23.8. The number of carbonyl (C=O) groups excluding carboxylic acids is 1. The highest BCUT2D eigenvalue weighted by Gasteiger charge is 2.35. The van der Waals surface area contributed by atoms with Gasteiger partial charge in [0.25, 0.3) is 5.91 Å². The minimum Gasteiger partial charge on any atom is -0.383 e. The second-order valence-electron chi connectivity index (χ2n) is 9.94. The van der Waals surface area contributed by atoms with Gasteiger partial charge in [-0.3, -0.25) is 14.6 Å². The van der Waals surface area contributed by atoms with Crippen LogP contribution in [0.1, 0.15) is 60.1 Å². The maximum atomic E-state index is 12.7. The summed E-state index contributed by atoms with van der Waals surface area (Å²) in [5.74, 6) is -0.139. The molecule has 1 heterocycles. The second-order valence-corrected chi connectivity index (χ2v) is 9.94. The molecule has 0 aliphatic carbocycles. The minimum atomic E-state index is -0.948. The van der Waals surface area contributed by atoms with Gasteiger partial charge in [-0.2, -0.15) is 0 Å². The van der Waals surface area contributed by atoms with Crippen molar-refractivity contribution in [3.8, 4) is 0 Å². The fraction of sp³-hybridized carbons (Fsp3) is 0.708. The molecule has 2 atom stereocenters. The smallest absolute Gasteiger partial charge is 0.252 e. The molecule has 1 aliphatic rings. The Kier molecular flexibility index (Phi) is 8.27. The minimum absolute atomic E-state index is 0.139. The Balaban J connectivity index is 2.13. The number of rotatable bonds is 7. The van der Waals surface area contributed by atoms with E-state index in [1.807, 2.05) is 25.7 Å². The molecule has 0 spiro atoms. The SMILES string of the molecule is CC(C)N(CC(c1ccccc1)N1CCN(C(=O)C(O)C(C)(C)C)CC1)C(C)C. The first-order chi connectivity index (χ1) is 13.5. The third kappa shape index (κ3) is 6.27. The van der Waals surface area contributed by atoms with E-state index in [0.29, 0.717) is 31.2 Å². The first-order valence-electron chi connectivity index (χ1n) is 11.0. The van der Waals surface area contributed by atoms with Gasteiger partial charge in [0.05, 0.1) is 0 Å². The average molecular weight is 404 g/mol. The van der Waals surface area contributed by atoms with Crippen LogP contribution in [-0.4, -0.2) is 76.6 Å². The van der Waals surface area contributed by atoms with Gasteiger partial charge in [0, 0.05) is 50.8 Å². The van der Waals surface area contributed by atoms with E-state index in [1.165, 1.54) is 5.56 Å². The van der Waals surface area contributed by atoms with Crippen molar-refractivity contribution in [3.63, 3.8) is 0 Å². The van der Waals surface area contributed by atoms with Crippen LogP contribution in [0.15, 0.2) is 30.3 Å². The number of hydrogen-bond acceptors (Lipinski definition) is 4. The van der Waals surface area contributed by atoms with E-state index in [-0.39, 0.29) is 5.91 Å². The van der Waals surface area contributed by atoms with Crippen LogP contribution < -0.4 is 0 Å². The van der Waals surface area contributed by atoms with Crippen molar-refractivity contribution in [1.82, 2.24) is 14.7 Å². The molecule has 0 aromatic heterocycles. The second kappa shape index (κ2) is 10.1. The summed E-state index contributed by atoms with van der Waals surface area (Å²) < 4.78 is 0. The summed E-state index contributed by atoms with van der Waals surface area (Å²) in [6, 6.07) is 12.0. The van der Waals surface area contributed by atoms with Crippen LogP contribution in [0, 0.1) is 5.41 Å². The standard InChI is InChI=1S/C24H41N3O2/c1-18(2)27(19(3)4)17-21(20-11-9-8-10-12-20)25-13-15-26(16-14-25)23(29)22(28)24(5,6)7/h8-12,18-19,21-22,28H,13-17H2,1-7H3. The van der Waals surface area contributed by atoms with Gasteiger partial charge < -0.3 is 10.0 Å². The molecule has 0 bridgehead atoms. The maximum absolute atomic E-state index is 12.7. The van der Waals surface area contributed by atoms with Crippen LogP contribution >= 0.6 is 0 Å². The van der Waals surface area contributed by atoms with Crippen LogP contribution in [0.4, 0.5) is 0 Å². The van der Waals surface area contributed by atoms with E-state index in [2.05, 4.69) is 67.8 Å². The molecule has 5 nitrogen and oxygen atoms in total. The van der Waals surface area contributed by atoms with E-state index in [0.717, 1.165) is 19.6 Å². The van der Waals surface area contributed by atoms with Crippen LogP contribution in [0.25, 0.3) is 0 Å². The number of benzene rings is 1. The Labute approximate surface area is 177 Å². The Bertz CT molecular complexity index is 623. The van der Waals surface area contributed by atoms with Gasteiger partial charge in [-0.15, -0.1) is 0 Å². The summed E-state index contributed by atoms with van der Waals surface area (Å²) in [5.41, 5.74) is 0.892. The summed E-state index contributed by atoms with van der Waals surface area (Å²) in [6.45, 7) is 18.7. The number of carbonyl (C=O) groups is 1. The monoisotopic (exact) mass is 403 g/mol. The van der Waals surface area contributed by atoms with Crippen LogP contribution in [0.2, 0.25) is 0 Å². The van der Waals surface area contributed by atoms with E-state index >= 15 is 0 Å². The van der Waals surface area contributed by atoms with Gasteiger partial charge >= 0.3 is 0 Å². The quantitative estimate of drug-likeness (QED) is 0.758.